The molecule has 0 radical (unpaired) electrons. The van der Waals surface area contributed by atoms with Crippen molar-refractivity contribution in [3.8, 4) is 0 Å². The van der Waals surface area contributed by atoms with Crippen LogP contribution in [0.15, 0.2) is 0 Å². The summed E-state index contributed by atoms with van der Waals surface area (Å²) < 4.78 is 4.49. The number of esters is 1. The van der Waals surface area contributed by atoms with Crippen molar-refractivity contribution in [2.75, 3.05) is 13.7 Å². The molecule has 7 nitrogen and oxygen atoms in total. The summed E-state index contributed by atoms with van der Waals surface area (Å²) in [7, 11) is 1.24. The van der Waals surface area contributed by atoms with Crippen LogP contribution in [0.3, 0.4) is 0 Å². The molecule has 0 aliphatic rings. The molecular weight excluding hydrogens is 250 g/mol. The summed E-state index contributed by atoms with van der Waals surface area (Å²) in [5.41, 5.74) is 5.32. The third-order valence-electron chi connectivity index (χ3n) is 2.54. The predicted molar refractivity (Wildman–Crippen MR) is 70.1 cm³/mol. The van der Waals surface area contributed by atoms with Crippen LogP contribution < -0.4 is 16.4 Å². The topological polar surface area (TPSA) is 111 Å². The van der Waals surface area contributed by atoms with Crippen LogP contribution in [-0.4, -0.2) is 43.5 Å². The number of rotatable bonds is 8. The molecule has 0 aliphatic heterocycles. The molecule has 19 heavy (non-hydrogen) atoms. The van der Waals surface area contributed by atoms with Crippen LogP contribution in [0.4, 0.5) is 0 Å². The maximum Gasteiger partial charge on any atom is 0.328 e. The molecule has 0 rings (SSSR count). The van der Waals surface area contributed by atoms with Gasteiger partial charge in [0.15, 0.2) is 0 Å². The molecule has 0 aliphatic carbocycles. The summed E-state index contributed by atoms with van der Waals surface area (Å²) in [5, 5.41) is 5.01. The van der Waals surface area contributed by atoms with Crippen molar-refractivity contribution in [3.05, 3.63) is 0 Å². The van der Waals surface area contributed by atoms with Crippen LogP contribution in [0.2, 0.25) is 0 Å². The molecule has 0 saturated carbocycles. The fourth-order valence-electron chi connectivity index (χ4n) is 1.38. The number of unbranched alkanes of at least 4 members (excludes halogenated alkanes) is 1. The molecule has 0 spiro atoms. The molecular formula is C12H23N3O4. The average Bonchev–Trinajstić information content (AvgIpc) is 2.37. The van der Waals surface area contributed by atoms with Gasteiger partial charge in [0.05, 0.1) is 7.11 Å². The predicted octanol–water partition coefficient (Wildman–Crippen LogP) is -0.702. The Hall–Kier alpha value is -1.63. The van der Waals surface area contributed by atoms with Crippen molar-refractivity contribution in [2.24, 2.45) is 5.73 Å². The monoisotopic (exact) mass is 273 g/mol. The van der Waals surface area contributed by atoms with E-state index in [1.165, 1.54) is 14.0 Å². The summed E-state index contributed by atoms with van der Waals surface area (Å²) in [5.74, 6) is -1.17. The number of amides is 2. The second-order valence-electron chi connectivity index (χ2n) is 4.29. The second kappa shape index (κ2) is 9.32. The van der Waals surface area contributed by atoms with Gasteiger partial charge in [-0.1, -0.05) is 0 Å². The Bertz CT molecular complexity index is 320. The number of carbonyl (C=O) groups excluding carboxylic acids is 3. The summed E-state index contributed by atoms with van der Waals surface area (Å²) in [6.45, 7) is 3.61. The van der Waals surface area contributed by atoms with Crippen LogP contribution in [0, 0.1) is 0 Å². The lowest BCUT2D eigenvalue weighted by Gasteiger charge is -2.17. The van der Waals surface area contributed by atoms with E-state index in [-0.39, 0.29) is 5.91 Å². The van der Waals surface area contributed by atoms with Crippen molar-refractivity contribution < 1.29 is 19.1 Å². The first-order valence-electron chi connectivity index (χ1n) is 6.30. The molecule has 0 aromatic carbocycles. The number of nitrogens with one attached hydrogen (secondary N) is 2. The lowest BCUT2D eigenvalue weighted by molar-refractivity contribution is -0.144. The Morgan fingerprint density at radius 2 is 1.74 bits per heavy atom. The van der Waals surface area contributed by atoms with Gasteiger partial charge in [-0.3, -0.25) is 9.59 Å². The van der Waals surface area contributed by atoms with Gasteiger partial charge in [0.1, 0.15) is 12.1 Å². The zero-order chi connectivity index (χ0) is 14.8. The third-order valence-corrected chi connectivity index (χ3v) is 2.54. The van der Waals surface area contributed by atoms with E-state index in [4.69, 9.17) is 5.73 Å². The second-order valence-corrected chi connectivity index (χ2v) is 4.29. The minimum absolute atomic E-state index is 0.207. The summed E-state index contributed by atoms with van der Waals surface area (Å²) in [4.78, 5) is 34.3. The minimum atomic E-state index is -0.742. The number of ether oxygens (including phenoxy) is 1. The van der Waals surface area contributed by atoms with E-state index in [2.05, 4.69) is 15.4 Å². The van der Waals surface area contributed by atoms with Gasteiger partial charge in [-0.25, -0.2) is 4.79 Å². The molecule has 7 heteroatoms. The van der Waals surface area contributed by atoms with E-state index >= 15 is 0 Å². The molecule has 0 unspecified atom stereocenters. The van der Waals surface area contributed by atoms with Crippen LogP contribution in [0.25, 0.3) is 0 Å². The molecule has 4 N–H and O–H groups in total. The van der Waals surface area contributed by atoms with Crippen molar-refractivity contribution in [2.45, 2.75) is 45.2 Å². The fraction of sp³-hybridized carbons (Fsp3) is 0.750. The van der Waals surface area contributed by atoms with E-state index in [1.807, 2.05) is 0 Å². The molecule has 2 atom stereocenters. The molecule has 2 amide bonds. The molecule has 0 bridgehead atoms. The highest BCUT2D eigenvalue weighted by Gasteiger charge is 2.20. The lowest BCUT2D eigenvalue weighted by Crippen LogP contribution is -2.49. The van der Waals surface area contributed by atoms with Gasteiger partial charge in [-0.05, 0) is 33.2 Å². The van der Waals surface area contributed by atoms with Gasteiger partial charge < -0.3 is 21.1 Å². The number of hydrogen-bond donors (Lipinski definition) is 3. The van der Waals surface area contributed by atoms with Crippen molar-refractivity contribution in [1.29, 1.82) is 0 Å². The van der Waals surface area contributed by atoms with Crippen LogP contribution in [-0.2, 0) is 19.1 Å². The first-order valence-corrected chi connectivity index (χ1v) is 6.30. The molecule has 0 aromatic rings. The lowest BCUT2D eigenvalue weighted by atomic mass is 10.2. The van der Waals surface area contributed by atoms with Crippen LogP contribution in [0.1, 0.15) is 33.1 Å². The van der Waals surface area contributed by atoms with Crippen molar-refractivity contribution in [3.63, 3.8) is 0 Å². The first kappa shape index (κ1) is 17.4. The zero-order valence-electron chi connectivity index (χ0n) is 11.7. The van der Waals surface area contributed by atoms with Gasteiger partial charge in [-0.15, -0.1) is 0 Å². The number of nitrogens with two attached hydrogens (primary N) is 1. The van der Waals surface area contributed by atoms with Gasteiger partial charge >= 0.3 is 5.97 Å². The minimum Gasteiger partial charge on any atom is -0.467 e. The van der Waals surface area contributed by atoms with Gasteiger partial charge in [0.2, 0.25) is 11.8 Å². The van der Waals surface area contributed by atoms with Gasteiger partial charge in [0.25, 0.3) is 0 Å². The quantitative estimate of drug-likeness (QED) is 0.400. The largest absolute Gasteiger partial charge is 0.467 e. The Morgan fingerprint density at radius 1 is 1.11 bits per heavy atom. The van der Waals surface area contributed by atoms with E-state index in [9.17, 15) is 14.4 Å². The maximum absolute atomic E-state index is 11.7. The Balaban J connectivity index is 4.05. The Labute approximate surface area is 113 Å². The molecule has 110 valence electrons. The normalized spacial score (nSPS) is 13.3. The van der Waals surface area contributed by atoms with Gasteiger partial charge in [0, 0.05) is 6.42 Å². The Kier molecular flexibility index (Phi) is 8.52. The standard InChI is InChI=1S/C12H23N3O4/c1-8(14-10(16)6-4-5-7-13)11(17)15-9(2)12(18)19-3/h8-9H,4-7,13H2,1-3H3,(H,14,16)(H,15,17)/t8-,9-/m0/s1. The summed E-state index contributed by atoms with van der Waals surface area (Å²) in [6, 6.07) is -1.44. The highest BCUT2D eigenvalue weighted by atomic mass is 16.5. The summed E-state index contributed by atoms with van der Waals surface area (Å²) >= 11 is 0. The fourth-order valence-corrected chi connectivity index (χ4v) is 1.38. The number of carbonyl (C=O) groups is 3. The maximum atomic E-state index is 11.7. The third kappa shape index (κ3) is 7.40. The number of hydrogen-bond acceptors (Lipinski definition) is 5. The van der Waals surface area contributed by atoms with E-state index in [1.54, 1.807) is 6.92 Å². The smallest absolute Gasteiger partial charge is 0.328 e. The molecule has 0 heterocycles. The highest BCUT2D eigenvalue weighted by Crippen LogP contribution is 1.95. The van der Waals surface area contributed by atoms with E-state index < -0.39 is 24.0 Å². The van der Waals surface area contributed by atoms with Crippen LogP contribution >= 0.6 is 0 Å². The molecule has 0 aromatic heterocycles. The number of methoxy groups -OCH3 is 1. The first-order chi connectivity index (χ1) is 8.92. The highest BCUT2D eigenvalue weighted by molar-refractivity contribution is 5.90. The Morgan fingerprint density at radius 3 is 2.26 bits per heavy atom. The van der Waals surface area contributed by atoms with Crippen molar-refractivity contribution >= 4 is 17.8 Å². The average molecular weight is 273 g/mol. The SMILES string of the molecule is COC(=O)[C@H](C)NC(=O)[C@H](C)NC(=O)CCCCN. The van der Waals surface area contributed by atoms with E-state index in [0.717, 1.165) is 6.42 Å². The van der Waals surface area contributed by atoms with Crippen molar-refractivity contribution in [1.82, 2.24) is 10.6 Å². The van der Waals surface area contributed by atoms with Crippen LogP contribution in [0.5, 0.6) is 0 Å². The molecule has 0 saturated heterocycles. The molecule has 0 fully saturated rings. The van der Waals surface area contributed by atoms with E-state index in [0.29, 0.717) is 19.4 Å². The van der Waals surface area contributed by atoms with Gasteiger partial charge in [-0.2, -0.15) is 0 Å². The summed E-state index contributed by atoms with van der Waals surface area (Å²) in [6.07, 6.45) is 1.80. The zero-order valence-corrected chi connectivity index (χ0v) is 11.7.